The van der Waals surface area contributed by atoms with Crippen molar-refractivity contribution in [2.45, 2.75) is 58.9 Å². The minimum absolute atomic E-state index is 0.323. The van der Waals surface area contributed by atoms with Crippen molar-refractivity contribution in [2.75, 3.05) is 0 Å². The lowest BCUT2D eigenvalue weighted by atomic mass is 10.1. The molecule has 2 aromatic rings. The van der Waals surface area contributed by atoms with E-state index in [1.54, 1.807) is 12.1 Å². The zero-order chi connectivity index (χ0) is 20.9. The summed E-state index contributed by atoms with van der Waals surface area (Å²) in [5.74, 6) is 0.323. The third kappa shape index (κ3) is 6.32. The van der Waals surface area contributed by atoms with Crippen LogP contribution in [0.1, 0.15) is 48.6 Å². The smallest absolute Gasteiger partial charge is 0.155 e. The average molecular weight is 415 g/mol. The topological polar surface area (TPSA) is 45.0 Å². The van der Waals surface area contributed by atoms with Crippen molar-refractivity contribution in [3.63, 3.8) is 0 Å². The quantitative estimate of drug-likeness (QED) is 0.389. The van der Waals surface area contributed by atoms with Crippen LogP contribution >= 0.6 is 11.1 Å². The predicted octanol–water partition coefficient (Wildman–Crippen LogP) is 6.48. The van der Waals surface area contributed by atoms with E-state index in [4.69, 9.17) is 16.2 Å². The van der Waals surface area contributed by atoms with Crippen molar-refractivity contribution in [1.29, 1.82) is 0 Å². The van der Waals surface area contributed by atoms with Gasteiger partial charge in [0.1, 0.15) is 5.75 Å². The minimum atomic E-state index is -1.39. The van der Waals surface area contributed by atoms with E-state index in [1.165, 1.54) is 16.7 Å². The van der Waals surface area contributed by atoms with Gasteiger partial charge in [0.15, 0.2) is 7.38 Å². The van der Waals surface area contributed by atoms with Crippen LogP contribution in [0.15, 0.2) is 46.4 Å². The molecule has 28 heavy (non-hydrogen) atoms. The maximum absolute atomic E-state index is 9.04. The second kappa shape index (κ2) is 9.06. The Morgan fingerprint density at radius 2 is 1.36 bits per heavy atom. The number of fused-ring (bicyclic) bond motifs is 2. The lowest BCUT2D eigenvalue weighted by Gasteiger charge is -2.29. The monoisotopic (exact) mass is 414 g/mol. The Kier molecular flexibility index (Phi) is 7.24. The maximum Gasteiger partial charge on any atom is 0.155 e. The molecule has 0 radical (unpaired) electrons. The van der Waals surface area contributed by atoms with Gasteiger partial charge in [-0.05, 0) is 52.4 Å². The van der Waals surface area contributed by atoms with Gasteiger partial charge in [0.25, 0.3) is 0 Å². The molecule has 2 aromatic carbocycles. The van der Waals surface area contributed by atoms with E-state index < -0.39 is 7.38 Å². The second-order valence-corrected chi connectivity index (χ2v) is 16.0. The minimum Gasteiger partial charge on any atom is -0.508 e. The molecule has 0 unspecified atom stereocenters. The summed E-state index contributed by atoms with van der Waals surface area (Å²) in [6, 6.07) is 11.7. The first-order chi connectivity index (χ1) is 13.0. The Labute approximate surface area is 174 Å². The average Bonchev–Trinajstić information content (AvgIpc) is 3.21. The van der Waals surface area contributed by atoms with Crippen molar-refractivity contribution >= 4 is 30.9 Å². The van der Waals surface area contributed by atoms with E-state index in [0.29, 0.717) is 17.3 Å². The molecule has 2 heterocycles. The number of aryl methyl sites for hydroxylation is 1. The number of aliphatic imine (C=N–C) groups is 2. The molecule has 2 aliphatic heterocycles. The normalized spacial score (nSPS) is 13.8. The van der Waals surface area contributed by atoms with Crippen LogP contribution in [0.2, 0.25) is 18.1 Å². The van der Waals surface area contributed by atoms with Gasteiger partial charge in [0.2, 0.25) is 0 Å². The van der Waals surface area contributed by atoms with Gasteiger partial charge in [0, 0.05) is 12.4 Å². The Bertz CT molecular complexity index is 804. The first-order valence-electron chi connectivity index (χ1n) is 9.57. The fourth-order valence-electron chi connectivity index (χ4n) is 2.34. The lowest BCUT2D eigenvalue weighted by Crippen LogP contribution is -2.29. The van der Waals surface area contributed by atoms with Crippen LogP contribution < -0.4 is 0 Å². The van der Waals surface area contributed by atoms with Crippen molar-refractivity contribution in [1.82, 2.24) is 0 Å². The summed E-state index contributed by atoms with van der Waals surface area (Å²) in [6.45, 7) is 14.6. The summed E-state index contributed by atoms with van der Waals surface area (Å²) in [7, 11) is -1.39. The third-order valence-electron chi connectivity index (χ3n) is 5.19. The first kappa shape index (κ1) is 22.4. The molecule has 3 nitrogen and oxygen atoms in total. The highest BCUT2D eigenvalue weighted by atomic mass is 35.6. The number of aromatic hydroxyl groups is 1. The van der Waals surface area contributed by atoms with E-state index in [1.807, 2.05) is 18.5 Å². The molecule has 4 rings (SSSR count). The van der Waals surface area contributed by atoms with Gasteiger partial charge in [0.05, 0.1) is 13.1 Å². The molecule has 5 heteroatoms. The molecule has 2 aliphatic rings. The molecule has 0 spiro atoms. The van der Waals surface area contributed by atoms with Crippen LogP contribution in [0.3, 0.4) is 0 Å². The number of benzene rings is 2. The summed E-state index contributed by atoms with van der Waals surface area (Å²) in [5, 5.41) is 9.38. The Morgan fingerprint density at radius 3 is 1.86 bits per heavy atom. The highest BCUT2D eigenvalue weighted by Crippen LogP contribution is 2.38. The highest BCUT2D eigenvalue weighted by molar-refractivity contribution is 7.20. The largest absolute Gasteiger partial charge is 0.508 e. The number of phenolic OH excluding ortho intramolecular Hbond substituents is 1. The zero-order valence-corrected chi connectivity index (χ0v) is 19.5. The summed E-state index contributed by atoms with van der Waals surface area (Å²) >= 11 is 6.15. The number of phenols is 1. The van der Waals surface area contributed by atoms with Crippen LogP contribution in [0.25, 0.3) is 0 Å². The van der Waals surface area contributed by atoms with Gasteiger partial charge in [-0.1, -0.05) is 57.6 Å². The predicted molar refractivity (Wildman–Crippen MR) is 125 cm³/mol. The Hall–Kier alpha value is -1.91. The van der Waals surface area contributed by atoms with Crippen LogP contribution in [0, 0.1) is 6.92 Å². The number of halogens is 1. The summed E-state index contributed by atoms with van der Waals surface area (Å²) in [4.78, 5) is 8.22. The summed E-state index contributed by atoms with van der Waals surface area (Å²) in [6.07, 6.45) is 3.77. The van der Waals surface area contributed by atoms with Crippen molar-refractivity contribution in [2.24, 2.45) is 9.98 Å². The van der Waals surface area contributed by atoms with Crippen LogP contribution in [0.5, 0.6) is 5.75 Å². The number of hydrogen-bond acceptors (Lipinski definition) is 3. The first-order valence-corrected chi connectivity index (χ1v) is 13.6. The number of hydrogen-bond donors (Lipinski definition) is 1. The van der Waals surface area contributed by atoms with Crippen molar-refractivity contribution in [3.05, 3.63) is 64.2 Å². The highest BCUT2D eigenvalue weighted by Gasteiger charge is 2.32. The lowest BCUT2D eigenvalue weighted by molar-refractivity contribution is 0.474. The van der Waals surface area contributed by atoms with E-state index in [-0.39, 0.29) is 0 Å². The molecule has 1 N–H and O–H groups in total. The zero-order valence-electron chi connectivity index (χ0n) is 17.8. The summed E-state index contributed by atoms with van der Waals surface area (Å²) < 4.78 is 0. The van der Waals surface area contributed by atoms with E-state index in [9.17, 15) is 0 Å². The van der Waals surface area contributed by atoms with E-state index >= 15 is 0 Å². The Balaban J connectivity index is 0.000000152. The van der Waals surface area contributed by atoms with Gasteiger partial charge in [-0.3, -0.25) is 9.98 Å². The van der Waals surface area contributed by atoms with Gasteiger partial charge in [-0.25, -0.2) is 0 Å². The summed E-state index contributed by atoms with van der Waals surface area (Å²) in [5.41, 5.74) is 6.20. The third-order valence-corrected chi connectivity index (χ3v) is 10.5. The van der Waals surface area contributed by atoms with Gasteiger partial charge >= 0.3 is 0 Å². The molecule has 0 fully saturated rings. The molecular weight excluding hydrogens is 384 g/mol. The van der Waals surface area contributed by atoms with E-state index in [2.05, 4.69) is 69.0 Å². The molecule has 150 valence electrons. The standard InChI is InChI=1S/C9H9N.C8H7NO.C6H15ClSi/c1-7-2-3-8-5-10-6-9(8)4-7;10-8-2-1-6-4-9-5-7(6)3-8;1-6(2,3)8(4,5)7/h2-5H,6H2,1H3;1-4,10H,5H2;1-5H3. The fourth-order valence-corrected chi connectivity index (χ4v) is 2.34. The maximum atomic E-state index is 9.04. The van der Waals surface area contributed by atoms with Crippen LogP contribution in [0.4, 0.5) is 0 Å². The van der Waals surface area contributed by atoms with Crippen LogP contribution in [-0.2, 0) is 13.1 Å². The number of nitrogens with zero attached hydrogens (tertiary/aromatic N) is 2. The molecule has 0 saturated heterocycles. The molecule has 0 amide bonds. The molecule has 0 bridgehead atoms. The molecule has 0 saturated carbocycles. The molecule has 0 atom stereocenters. The molecule has 0 aromatic heterocycles. The van der Waals surface area contributed by atoms with Crippen molar-refractivity contribution < 1.29 is 5.11 Å². The van der Waals surface area contributed by atoms with Gasteiger partial charge in [-0.15, -0.1) is 0 Å². The second-order valence-electron chi connectivity index (χ2n) is 8.75. The van der Waals surface area contributed by atoms with Crippen LogP contribution in [-0.4, -0.2) is 24.9 Å². The van der Waals surface area contributed by atoms with Gasteiger partial charge in [-0.2, -0.15) is 11.1 Å². The van der Waals surface area contributed by atoms with Gasteiger partial charge < -0.3 is 5.11 Å². The van der Waals surface area contributed by atoms with E-state index in [0.717, 1.165) is 17.7 Å². The van der Waals surface area contributed by atoms with Crippen molar-refractivity contribution in [3.8, 4) is 5.75 Å². The molecular formula is C23H31ClN2OSi. The number of rotatable bonds is 0. The Morgan fingerprint density at radius 1 is 0.893 bits per heavy atom. The SMILES string of the molecule is CC(C)(C)[Si](C)(C)Cl.Cc1ccc2c(c1)CN=C2.Oc1ccc2c(c1)CN=C2. The molecule has 0 aliphatic carbocycles. The fraction of sp³-hybridized carbons (Fsp3) is 0.391.